The predicted molar refractivity (Wildman–Crippen MR) is 142 cm³/mol. The lowest BCUT2D eigenvalue weighted by Crippen LogP contribution is -2.49. The number of methoxy groups -OCH3 is 1. The second-order valence-corrected chi connectivity index (χ2v) is 10.5. The van der Waals surface area contributed by atoms with Gasteiger partial charge in [0.05, 0.1) is 19.3 Å². The smallest absolute Gasteiger partial charge is 0.254 e. The summed E-state index contributed by atoms with van der Waals surface area (Å²) in [6, 6.07) is 14.5. The number of carbonyl (C=O) groups excluding carboxylic acids is 2. The monoisotopic (exact) mass is 538 g/mol. The van der Waals surface area contributed by atoms with Gasteiger partial charge in [-0.05, 0) is 78.7 Å². The highest BCUT2D eigenvalue weighted by Crippen LogP contribution is 2.34. The zero-order valence-electron chi connectivity index (χ0n) is 21.3. The van der Waals surface area contributed by atoms with Gasteiger partial charge in [-0.1, -0.05) is 6.07 Å². The maximum absolute atomic E-state index is 13.8. The number of carbonyl (C=O) groups is 2. The summed E-state index contributed by atoms with van der Waals surface area (Å²) in [5, 5.41) is 2.03. The molecule has 5 rings (SSSR count). The highest BCUT2D eigenvalue weighted by atomic mass is 32.1. The molecule has 1 aromatic heterocycles. The molecule has 2 atom stereocenters. The van der Waals surface area contributed by atoms with Crippen molar-refractivity contribution in [1.29, 1.82) is 0 Å². The zero-order chi connectivity index (χ0) is 26.5. The molecule has 0 bridgehead atoms. The molecule has 7 nitrogen and oxygen atoms in total. The number of ether oxygens (including phenoxy) is 3. The molecule has 38 heavy (non-hydrogen) atoms. The minimum Gasteiger partial charge on any atom is -0.497 e. The van der Waals surface area contributed by atoms with Gasteiger partial charge in [-0.15, -0.1) is 11.3 Å². The van der Waals surface area contributed by atoms with Crippen molar-refractivity contribution in [3.63, 3.8) is 0 Å². The number of thiophene rings is 1. The van der Waals surface area contributed by atoms with Crippen LogP contribution in [0.3, 0.4) is 0 Å². The molecule has 2 aliphatic heterocycles. The van der Waals surface area contributed by atoms with Gasteiger partial charge in [0.25, 0.3) is 5.91 Å². The van der Waals surface area contributed by atoms with E-state index in [4.69, 9.17) is 14.2 Å². The molecule has 2 amide bonds. The van der Waals surface area contributed by atoms with Crippen molar-refractivity contribution in [2.75, 3.05) is 40.0 Å². The van der Waals surface area contributed by atoms with Gasteiger partial charge in [-0.2, -0.15) is 0 Å². The Labute approximate surface area is 225 Å². The number of amides is 2. The molecule has 1 saturated heterocycles. The Bertz CT molecular complexity index is 1260. The maximum Gasteiger partial charge on any atom is 0.254 e. The molecular formula is C29H31FN2O5S. The van der Waals surface area contributed by atoms with E-state index < -0.39 is 0 Å². The van der Waals surface area contributed by atoms with E-state index >= 15 is 0 Å². The number of hydrogen-bond acceptors (Lipinski definition) is 6. The van der Waals surface area contributed by atoms with Crippen molar-refractivity contribution in [1.82, 2.24) is 9.80 Å². The van der Waals surface area contributed by atoms with Gasteiger partial charge < -0.3 is 24.0 Å². The number of fused-ring (bicyclic) bond motifs is 1. The zero-order valence-corrected chi connectivity index (χ0v) is 22.1. The Kier molecular flexibility index (Phi) is 8.24. The van der Waals surface area contributed by atoms with E-state index in [-0.39, 0.29) is 42.9 Å². The third-order valence-corrected chi connectivity index (χ3v) is 8.01. The quantitative estimate of drug-likeness (QED) is 0.394. The first-order valence-corrected chi connectivity index (χ1v) is 13.7. The van der Waals surface area contributed by atoms with Crippen LogP contribution in [0.2, 0.25) is 0 Å². The third-order valence-electron chi connectivity index (χ3n) is 7.01. The summed E-state index contributed by atoms with van der Waals surface area (Å²) in [5.74, 6) is 0.399. The molecule has 3 heterocycles. The van der Waals surface area contributed by atoms with Crippen LogP contribution in [0.1, 0.15) is 39.7 Å². The normalized spacial score (nSPS) is 18.6. The van der Waals surface area contributed by atoms with Gasteiger partial charge in [-0.25, -0.2) is 4.39 Å². The van der Waals surface area contributed by atoms with Crippen molar-refractivity contribution >= 4 is 23.2 Å². The van der Waals surface area contributed by atoms with E-state index in [9.17, 15) is 14.0 Å². The van der Waals surface area contributed by atoms with Crippen LogP contribution < -0.4 is 9.47 Å². The fourth-order valence-electron chi connectivity index (χ4n) is 5.03. The second-order valence-electron chi connectivity index (χ2n) is 9.47. The van der Waals surface area contributed by atoms with Crippen LogP contribution in [0.25, 0.3) is 0 Å². The Morgan fingerprint density at radius 3 is 2.76 bits per heavy atom. The van der Waals surface area contributed by atoms with Gasteiger partial charge >= 0.3 is 0 Å². The molecule has 0 N–H and O–H groups in total. The summed E-state index contributed by atoms with van der Waals surface area (Å²) in [6.07, 6.45) is 2.45. The van der Waals surface area contributed by atoms with Crippen molar-refractivity contribution < 1.29 is 28.2 Å². The predicted octanol–water partition coefficient (Wildman–Crippen LogP) is 4.72. The van der Waals surface area contributed by atoms with Crippen LogP contribution >= 0.6 is 11.3 Å². The molecule has 0 spiro atoms. The Morgan fingerprint density at radius 2 is 2.00 bits per heavy atom. The van der Waals surface area contributed by atoms with Crippen molar-refractivity contribution in [2.24, 2.45) is 0 Å². The second kappa shape index (κ2) is 12.0. The molecule has 0 radical (unpaired) electrons. The van der Waals surface area contributed by atoms with E-state index in [1.807, 2.05) is 11.4 Å². The minimum atomic E-state index is -0.334. The summed E-state index contributed by atoms with van der Waals surface area (Å²) < 4.78 is 30.4. The first-order chi connectivity index (χ1) is 18.5. The van der Waals surface area contributed by atoms with E-state index in [0.717, 1.165) is 24.8 Å². The van der Waals surface area contributed by atoms with E-state index in [1.54, 1.807) is 64.6 Å². The summed E-state index contributed by atoms with van der Waals surface area (Å²) in [6.45, 7) is 1.70. The molecular weight excluding hydrogens is 507 g/mol. The Morgan fingerprint density at radius 1 is 1.16 bits per heavy atom. The highest BCUT2D eigenvalue weighted by Gasteiger charge is 2.34. The Balaban J connectivity index is 1.35. The van der Waals surface area contributed by atoms with Crippen LogP contribution in [-0.4, -0.2) is 67.7 Å². The SMILES string of the molecule is COc1cccc(C(=O)N(CC(=O)N2CCc3sccc3[C@@H]2COc2ccc(F)cc2)C[C@@H]2CCCO2)c1. The van der Waals surface area contributed by atoms with Crippen LogP contribution in [0, 0.1) is 5.82 Å². The number of rotatable bonds is 9. The number of nitrogens with zero attached hydrogens (tertiary/aromatic N) is 2. The molecule has 9 heteroatoms. The van der Waals surface area contributed by atoms with Gasteiger partial charge in [0, 0.05) is 30.1 Å². The lowest BCUT2D eigenvalue weighted by molar-refractivity contribution is -0.135. The van der Waals surface area contributed by atoms with E-state index in [1.165, 1.54) is 17.0 Å². The van der Waals surface area contributed by atoms with Gasteiger partial charge in [0.2, 0.25) is 5.91 Å². The van der Waals surface area contributed by atoms with Gasteiger partial charge in [0.1, 0.15) is 30.5 Å². The molecule has 2 aromatic carbocycles. The molecule has 1 fully saturated rings. The molecule has 0 saturated carbocycles. The van der Waals surface area contributed by atoms with E-state index in [0.29, 0.717) is 36.8 Å². The largest absolute Gasteiger partial charge is 0.497 e. The standard InChI is InChI=1S/C29H31FN2O5S/c1-35-23-5-2-4-20(16-23)29(34)31(17-24-6-3-14-36-24)18-28(33)32-13-11-27-25(12-15-38-27)26(32)19-37-22-9-7-21(30)8-10-22/h2,4-5,7-10,12,15-16,24,26H,3,6,11,13-14,17-19H2,1H3/t24-,26-/m0/s1. The topological polar surface area (TPSA) is 68.3 Å². The average molecular weight is 539 g/mol. The minimum absolute atomic E-state index is 0.0670. The number of hydrogen-bond donors (Lipinski definition) is 0. The van der Waals surface area contributed by atoms with Crippen LogP contribution in [-0.2, 0) is 16.0 Å². The fraction of sp³-hybridized carbons (Fsp3) is 0.379. The van der Waals surface area contributed by atoms with Gasteiger partial charge in [0.15, 0.2) is 0 Å². The molecule has 2 aliphatic rings. The van der Waals surface area contributed by atoms with Crippen LogP contribution in [0.5, 0.6) is 11.5 Å². The summed E-state index contributed by atoms with van der Waals surface area (Å²) in [7, 11) is 1.56. The number of benzene rings is 2. The van der Waals surface area contributed by atoms with Crippen molar-refractivity contribution in [3.05, 3.63) is 81.8 Å². The molecule has 3 aromatic rings. The lowest BCUT2D eigenvalue weighted by Gasteiger charge is -2.37. The van der Waals surface area contributed by atoms with E-state index in [2.05, 4.69) is 0 Å². The highest BCUT2D eigenvalue weighted by molar-refractivity contribution is 7.10. The molecule has 0 aliphatic carbocycles. The lowest BCUT2D eigenvalue weighted by atomic mass is 10.00. The average Bonchev–Trinajstić information content (AvgIpc) is 3.64. The maximum atomic E-state index is 13.8. The number of halogens is 1. The third kappa shape index (κ3) is 6.00. The summed E-state index contributed by atoms with van der Waals surface area (Å²) in [4.78, 5) is 32.0. The molecule has 0 unspecified atom stereocenters. The first-order valence-electron chi connectivity index (χ1n) is 12.8. The summed E-state index contributed by atoms with van der Waals surface area (Å²) in [5.41, 5.74) is 1.52. The molecule has 200 valence electrons. The summed E-state index contributed by atoms with van der Waals surface area (Å²) >= 11 is 1.67. The van der Waals surface area contributed by atoms with Crippen molar-refractivity contribution in [2.45, 2.75) is 31.4 Å². The first kappa shape index (κ1) is 26.2. The fourth-order valence-corrected chi connectivity index (χ4v) is 5.95. The van der Waals surface area contributed by atoms with Crippen LogP contribution in [0.15, 0.2) is 60.0 Å². The van der Waals surface area contributed by atoms with Crippen LogP contribution in [0.4, 0.5) is 4.39 Å². The Hall–Kier alpha value is -3.43. The van der Waals surface area contributed by atoms with Crippen molar-refractivity contribution in [3.8, 4) is 11.5 Å². The van der Waals surface area contributed by atoms with Gasteiger partial charge in [-0.3, -0.25) is 9.59 Å².